The van der Waals surface area contributed by atoms with Crippen molar-refractivity contribution in [3.63, 3.8) is 0 Å². The number of hydrogen-bond donors (Lipinski definition) is 1. The first-order valence-corrected chi connectivity index (χ1v) is 6.82. The van der Waals surface area contributed by atoms with E-state index in [1.165, 1.54) is 12.1 Å². The van der Waals surface area contributed by atoms with Gasteiger partial charge >= 0.3 is 0 Å². The molecule has 0 saturated heterocycles. The van der Waals surface area contributed by atoms with E-state index in [2.05, 4.69) is 25.9 Å². The van der Waals surface area contributed by atoms with Gasteiger partial charge < -0.3 is 4.98 Å². The van der Waals surface area contributed by atoms with Gasteiger partial charge in [-0.05, 0) is 51.9 Å². The first-order valence-electron chi connectivity index (χ1n) is 5.62. The Hall–Kier alpha value is -1.53. The highest BCUT2D eigenvalue weighted by Crippen LogP contribution is 2.18. The van der Waals surface area contributed by atoms with Crippen molar-refractivity contribution >= 4 is 39.3 Å². The largest absolute Gasteiger partial charge is 0.329 e. The van der Waals surface area contributed by atoms with E-state index >= 15 is 0 Å². The number of imidazole rings is 1. The van der Waals surface area contributed by atoms with Crippen LogP contribution in [0.15, 0.2) is 41.0 Å². The fourth-order valence-corrected chi connectivity index (χ4v) is 2.57. The van der Waals surface area contributed by atoms with E-state index < -0.39 is 0 Å². The number of nitrogens with one attached hydrogen (secondary N) is 1. The molecule has 0 fully saturated rings. The molecule has 0 bridgehead atoms. The molecule has 0 spiro atoms. The second kappa shape index (κ2) is 4.86. The number of pyridine rings is 1. The van der Waals surface area contributed by atoms with Crippen LogP contribution >= 0.6 is 28.1 Å². The van der Waals surface area contributed by atoms with Gasteiger partial charge in [0.05, 0.1) is 12.1 Å². The van der Waals surface area contributed by atoms with Gasteiger partial charge in [-0.25, -0.2) is 9.37 Å². The number of fused-ring (bicyclic) bond motifs is 1. The summed E-state index contributed by atoms with van der Waals surface area (Å²) < 4.78 is 16.5. The summed E-state index contributed by atoms with van der Waals surface area (Å²) in [4.78, 5) is 7.44. The van der Waals surface area contributed by atoms with E-state index in [1.54, 1.807) is 12.3 Å². The first kappa shape index (κ1) is 12.5. The number of hydrogen-bond acceptors (Lipinski definition) is 2. The van der Waals surface area contributed by atoms with Crippen molar-refractivity contribution in [1.29, 1.82) is 0 Å². The van der Waals surface area contributed by atoms with E-state index in [9.17, 15) is 4.39 Å². The molecule has 0 aliphatic rings. The Kier molecular flexibility index (Phi) is 3.20. The molecular weight excluding hydrogens is 329 g/mol. The molecule has 0 unspecified atom stereocenters. The van der Waals surface area contributed by atoms with Crippen molar-refractivity contribution in [2.75, 3.05) is 0 Å². The van der Waals surface area contributed by atoms with Crippen LogP contribution in [0.5, 0.6) is 0 Å². The van der Waals surface area contributed by atoms with Gasteiger partial charge in [0, 0.05) is 10.7 Å². The van der Waals surface area contributed by atoms with Crippen molar-refractivity contribution in [2.45, 2.75) is 6.54 Å². The molecule has 0 saturated carbocycles. The topological polar surface area (TPSA) is 33.6 Å². The summed E-state index contributed by atoms with van der Waals surface area (Å²) >= 11 is 8.65. The van der Waals surface area contributed by atoms with Gasteiger partial charge in [-0.2, -0.15) is 0 Å². The maximum Gasteiger partial charge on any atom is 0.179 e. The number of halogens is 2. The van der Waals surface area contributed by atoms with Crippen LogP contribution in [0.3, 0.4) is 0 Å². The summed E-state index contributed by atoms with van der Waals surface area (Å²) in [7, 11) is 0. The molecule has 0 aliphatic carbocycles. The summed E-state index contributed by atoms with van der Waals surface area (Å²) in [6.07, 6.45) is 1.72. The Labute approximate surface area is 122 Å². The van der Waals surface area contributed by atoms with Crippen LogP contribution in [0.4, 0.5) is 4.39 Å². The Morgan fingerprint density at radius 2 is 2.21 bits per heavy atom. The van der Waals surface area contributed by atoms with Gasteiger partial charge in [-0.3, -0.25) is 4.57 Å². The number of rotatable bonds is 2. The zero-order valence-corrected chi connectivity index (χ0v) is 12.1. The lowest BCUT2D eigenvalue weighted by atomic mass is 10.2. The van der Waals surface area contributed by atoms with Crippen molar-refractivity contribution in [3.8, 4) is 0 Å². The highest BCUT2D eigenvalue weighted by atomic mass is 79.9. The van der Waals surface area contributed by atoms with Crippen molar-refractivity contribution < 1.29 is 4.39 Å². The average Bonchev–Trinajstić information content (AvgIpc) is 2.65. The fourth-order valence-electron chi connectivity index (χ4n) is 1.98. The Morgan fingerprint density at radius 3 is 3.00 bits per heavy atom. The summed E-state index contributed by atoms with van der Waals surface area (Å²) in [6.45, 7) is 0.491. The third-order valence-corrected chi connectivity index (χ3v) is 3.56. The molecule has 2 heterocycles. The number of H-pyrrole nitrogens is 1. The van der Waals surface area contributed by atoms with Crippen LogP contribution in [0.1, 0.15) is 5.56 Å². The highest BCUT2D eigenvalue weighted by Gasteiger charge is 2.07. The Morgan fingerprint density at radius 1 is 1.37 bits per heavy atom. The van der Waals surface area contributed by atoms with Gasteiger partial charge in [-0.1, -0.05) is 12.1 Å². The number of nitrogens with zero attached hydrogens (tertiary/aromatic N) is 2. The number of aromatic amines is 1. The van der Waals surface area contributed by atoms with Crippen LogP contribution in [-0.2, 0) is 6.54 Å². The zero-order chi connectivity index (χ0) is 13.4. The summed E-state index contributed by atoms with van der Waals surface area (Å²) in [6, 6.07) is 8.39. The van der Waals surface area contributed by atoms with Crippen molar-refractivity contribution in [3.05, 3.63) is 57.2 Å². The molecule has 1 N–H and O–H groups in total. The molecule has 1 aromatic carbocycles. The minimum absolute atomic E-state index is 0.250. The van der Waals surface area contributed by atoms with Gasteiger partial charge in [0.1, 0.15) is 5.82 Å². The van der Waals surface area contributed by atoms with Crippen LogP contribution in [0.25, 0.3) is 11.2 Å². The van der Waals surface area contributed by atoms with Gasteiger partial charge in [0.2, 0.25) is 0 Å². The van der Waals surface area contributed by atoms with Gasteiger partial charge in [0.15, 0.2) is 10.4 Å². The maximum absolute atomic E-state index is 13.2. The quantitative estimate of drug-likeness (QED) is 0.716. The maximum atomic E-state index is 13.2. The smallest absolute Gasteiger partial charge is 0.179 e. The second-order valence-corrected chi connectivity index (χ2v) is 5.47. The predicted molar refractivity (Wildman–Crippen MR) is 78.1 cm³/mol. The van der Waals surface area contributed by atoms with E-state index in [0.29, 0.717) is 11.3 Å². The summed E-state index contributed by atoms with van der Waals surface area (Å²) in [5, 5.41) is 0. The minimum Gasteiger partial charge on any atom is -0.329 e. The third-order valence-electron chi connectivity index (χ3n) is 2.81. The van der Waals surface area contributed by atoms with E-state index in [1.807, 2.05) is 16.7 Å². The number of aromatic nitrogens is 3. The van der Waals surface area contributed by atoms with Crippen LogP contribution in [-0.4, -0.2) is 14.5 Å². The SMILES string of the molecule is Fc1cccc(Cn2c(=S)[nH]c3cc(Br)cnc32)c1. The Bertz CT molecular complexity index is 809. The predicted octanol–water partition coefficient (Wildman–Crippen LogP) is 4.04. The van der Waals surface area contributed by atoms with Crippen LogP contribution < -0.4 is 0 Å². The molecule has 2 aromatic heterocycles. The molecule has 0 amide bonds. The standard InChI is InChI=1S/C13H9BrFN3S/c14-9-5-11-12(16-6-9)18(13(19)17-11)7-8-2-1-3-10(15)4-8/h1-6H,7H2,(H,17,19). The lowest BCUT2D eigenvalue weighted by Crippen LogP contribution is -2.01. The lowest BCUT2D eigenvalue weighted by molar-refractivity contribution is 0.623. The average molecular weight is 338 g/mol. The lowest BCUT2D eigenvalue weighted by Gasteiger charge is -2.04. The molecule has 3 nitrogen and oxygen atoms in total. The molecule has 0 atom stereocenters. The molecule has 3 aromatic rings. The monoisotopic (exact) mass is 337 g/mol. The molecule has 0 radical (unpaired) electrons. The van der Waals surface area contributed by atoms with Crippen molar-refractivity contribution in [1.82, 2.24) is 14.5 Å². The molecule has 96 valence electrons. The number of benzene rings is 1. The van der Waals surface area contributed by atoms with Gasteiger partial charge in [0.25, 0.3) is 0 Å². The zero-order valence-electron chi connectivity index (χ0n) is 9.73. The Balaban J connectivity index is 2.10. The molecule has 0 aliphatic heterocycles. The van der Waals surface area contributed by atoms with Crippen LogP contribution in [0.2, 0.25) is 0 Å². The fraction of sp³-hybridized carbons (Fsp3) is 0.0769. The van der Waals surface area contributed by atoms with Gasteiger partial charge in [-0.15, -0.1) is 0 Å². The molecule has 3 rings (SSSR count). The van der Waals surface area contributed by atoms with E-state index in [0.717, 1.165) is 21.2 Å². The minimum atomic E-state index is -0.250. The molecule has 6 heteroatoms. The van der Waals surface area contributed by atoms with E-state index in [-0.39, 0.29) is 5.82 Å². The first-order chi connectivity index (χ1) is 9.13. The van der Waals surface area contributed by atoms with Crippen LogP contribution in [0, 0.1) is 10.6 Å². The van der Waals surface area contributed by atoms with Crippen molar-refractivity contribution in [2.24, 2.45) is 0 Å². The summed E-state index contributed by atoms with van der Waals surface area (Å²) in [5.41, 5.74) is 2.47. The van der Waals surface area contributed by atoms with E-state index in [4.69, 9.17) is 12.2 Å². The third kappa shape index (κ3) is 2.46. The normalized spacial score (nSPS) is 11.1. The molecule has 19 heavy (non-hydrogen) atoms. The highest BCUT2D eigenvalue weighted by molar-refractivity contribution is 9.10. The molecular formula is C13H9BrFN3S. The second-order valence-electron chi connectivity index (χ2n) is 4.17. The summed E-state index contributed by atoms with van der Waals surface area (Å²) in [5.74, 6) is -0.250.